The lowest BCUT2D eigenvalue weighted by molar-refractivity contribution is -0.0197. The summed E-state index contributed by atoms with van der Waals surface area (Å²) in [5.41, 5.74) is -0.0994. The average Bonchev–Trinajstić information content (AvgIpc) is 2.34. The van der Waals surface area contributed by atoms with Gasteiger partial charge in [-0.15, -0.1) is 0 Å². The second-order valence-electron chi connectivity index (χ2n) is 4.57. The first kappa shape index (κ1) is 10.9. The lowest BCUT2D eigenvalue weighted by Gasteiger charge is -2.43. The van der Waals surface area contributed by atoms with E-state index >= 15 is 0 Å². The van der Waals surface area contributed by atoms with Crippen LogP contribution in [0.5, 0.6) is 0 Å². The van der Waals surface area contributed by atoms with Crippen LogP contribution >= 0.6 is 0 Å². The van der Waals surface area contributed by atoms with Crippen molar-refractivity contribution in [1.82, 2.24) is 0 Å². The molecule has 0 heterocycles. The van der Waals surface area contributed by atoms with Gasteiger partial charge in [0.25, 0.3) is 0 Å². The molecule has 0 aliphatic heterocycles. The van der Waals surface area contributed by atoms with E-state index in [1.807, 2.05) is 24.3 Å². The van der Waals surface area contributed by atoms with Crippen LogP contribution in [-0.4, -0.2) is 5.11 Å². The Hall–Kier alpha value is -1.59. The van der Waals surface area contributed by atoms with E-state index in [0.717, 1.165) is 17.5 Å². The van der Waals surface area contributed by atoms with Crippen LogP contribution in [0.3, 0.4) is 0 Å². The number of aryl methyl sites for hydroxylation is 1. The summed E-state index contributed by atoms with van der Waals surface area (Å²) in [4.78, 5) is 0. The Kier molecular flexibility index (Phi) is 2.36. The van der Waals surface area contributed by atoms with Gasteiger partial charge in [0.2, 0.25) is 0 Å². The molecular formula is C14H15NO. The van der Waals surface area contributed by atoms with Gasteiger partial charge >= 0.3 is 0 Å². The van der Waals surface area contributed by atoms with E-state index in [-0.39, 0.29) is 0 Å². The van der Waals surface area contributed by atoms with Crippen molar-refractivity contribution in [3.63, 3.8) is 0 Å². The lowest BCUT2D eigenvalue weighted by atomic mass is 9.62. The maximum atomic E-state index is 10.7. The highest BCUT2D eigenvalue weighted by atomic mass is 16.3. The Morgan fingerprint density at radius 3 is 2.81 bits per heavy atom. The fraction of sp³-hybridized carbons (Fsp3) is 0.357. The van der Waals surface area contributed by atoms with Gasteiger partial charge in [-0.3, -0.25) is 0 Å². The Balaban J connectivity index is 2.67. The van der Waals surface area contributed by atoms with Crippen molar-refractivity contribution in [2.45, 2.75) is 25.4 Å². The third kappa shape index (κ3) is 1.22. The van der Waals surface area contributed by atoms with Gasteiger partial charge in [-0.2, -0.15) is 5.26 Å². The van der Waals surface area contributed by atoms with Crippen molar-refractivity contribution in [3.05, 3.63) is 48.0 Å². The zero-order chi connectivity index (χ0) is 11.8. The normalized spacial score (nSPS) is 32.6. The van der Waals surface area contributed by atoms with Crippen molar-refractivity contribution in [3.8, 4) is 6.07 Å². The molecule has 1 aromatic rings. The molecule has 0 unspecified atom stereocenters. The van der Waals surface area contributed by atoms with Crippen molar-refractivity contribution >= 4 is 0 Å². The topological polar surface area (TPSA) is 44.0 Å². The predicted molar refractivity (Wildman–Crippen MR) is 62.6 cm³/mol. The van der Waals surface area contributed by atoms with Gasteiger partial charge < -0.3 is 5.11 Å². The highest BCUT2D eigenvalue weighted by molar-refractivity contribution is 5.42. The molecule has 2 rings (SSSR count). The molecule has 0 saturated carbocycles. The van der Waals surface area contributed by atoms with Gasteiger partial charge in [-0.05, 0) is 30.9 Å². The number of aliphatic hydroxyl groups is 1. The van der Waals surface area contributed by atoms with E-state index in [9.17, 15) is 10.4 Å². The van der Waals surface area contributed by atoms with Crippen LogP contribution in [0.1, 0.15) is 24.5 Å². The summed E-state index contributed by atoms with van der Waals surface area (Å²) in [5, 5.41) is 20.0. The molecule has 0 bridgehead atoms. The molecule has 1 aromatic carbocycles. The molecule has 2 heteroatoms. The average molecular weight is 213 g/mol. The minimum absolute atomic E-state index is 0.656. The lowest BCUT2D eigenvalue weighted by Crippen LogP contribution is -2.45. The molecule has 16 heavy (non-hydrogen) atoms. The molecule has 1 N–H and O–H groups in total. The molecule has 1 aliphatic rings. The first-order valence-electron chi connectivity index (χ1n) is 5.43. The van der Waals surface area contributed by atoms with Crippen molar-refractivity contribution in [2.75, 3.05) is 0 Å². The first-order valence-corrected chi connectivity index (χ1v) is 5.43. The van der Waals surface area contributed by atoms with Gasteiger partial charge in [0, 0.05) is 0 Å². The second-order valence-corrected chi connectivity index (χ2v) is 4.57. The van der Waals surface area contributed by atoms with Crippen molar-refractivity contribution in [1.29, 1.82) is 5.26 Å². The maximum Gasteiger partial charge on any atom is 0.126 e. The summed E-state index contributed by atoms with van der Waals surface area (Å²) in [6, 6.07) is 9.96. The summed E-state index contributed by atoms with van der Waals surface area (Å²) < 4.78 is 0. The zero-order valence-electron chi connectivity index (χ0n) is 9.40. The molecule has 82 valence electrons. The van der Waals surface area contributed by atoms with Crippen LogP contribution in [0, 0.1) is 16.7 Å². The molecule has 0 saturated heterocycles. The third-order valence-corrected chi connectivity index (χ3v) is 3.71. The van der Waals surface area contributed by atoms with E-state index < -0.39 is 11.0 Å². The molecule has 0 fully saturated rings. The van der Waals surface area contributed by atoms with E-state index in [2.05, 4.69) is 12.6 Å². The van der Waals surface area contributed by atoms with E-state index in [1.165, 1.54) is 6.08 Å². The van der Waals surface area contributed by atoms with E-state index in [1.54, 1.807) is 6.92 Å². The highest BCUT2D eigenvalue weighted by Gasteiger charge is 2.49. The van der Waals surface area contributed by atoms with E-state index in [4.69, 9.17) is 0 Å². The summed E-state index contributed by atoms with van der Waals surface area (Å²) in [6.45, 7) is 5.49. The first-order chi connectivity index (χ1) is 7.57. The highest BCUT2D eigenvalue weighted by Crippen LogP contribution is 2.48. The Morgan fingerprint density at radius 1 is 1.50 bits per heavy atom. The largest absolute Gasteiger partial charge is 0.379 e. The van der Waals surface area contributed by atoms with Crippen LogP contribution in [0.2, 0.25) is 0 Å². The van der Waals surface area contributed by atoms with Gasteiger partial charge in [-0.1, -0.05) is 36.9 Å². The molecule has 2 atom stereocenters. The van der Waals surface area contributed by atoms with Crippen molar-refractivity contribution < 1.29 is 5.11 Å². The number of hydrogen-bond donors (Lipinski definition) is 1. The minimum atomic E-state index is -1.24. The van der Waals surface area contributed by atoms with Gasteiger partial charge in [0.05, 0.1) is 11.5 Å². The monoisotopic (exact) mass is 213 g/mol. The van der Waals surface area contributed by atoms with Crippen LogP contribution < -0.4 is 0 Å². The van der Waals surface area contributed by atoms with Gasteiger partial charge in [-0.25, -0.2) is 0 Å². The number of rotatable bonds is 1. The number of benzene rings is 1. The number of fused-ring (bicyclic) bond motifs is 1. The second kappa shape index (κ2) is 3.47. The molecule has 0 spiro atoms. The maximum absolute atomic E-state index is 10.7. The number of nitriles is 1. The number of nitrogens with zero attached hydrogens (tertiary/aromatic N) is 1. The SMILES string of the molecule is C=C[C@@]1(O)c2ccccc2CC[C@@]1(C)C#N. The predicted octanol–water partition coefficient (Wildman–Crippen LogP) is 2.54. The summed E-state index contributed by atoms with van der Waals surface area (Å²) >= 11 is 0. The molecule has 1 aliphatic carbocycles. The quantitative estimate of drug-likeness (QED) is 0.728. The van der Waals surface area contributed by atoms with Gasteiger partial charge in [0.15, 0.2) is 0 Å². The third-order valence-electron chi connectivity index (χ3n) is 3.71. The van der Waals surface area contributed by atoms with Gasteiger partial charge in [0.1, 0.15) is 5.60 Å². The standard InChI is InChI=1S/C14H15NO/c1-3-14(16)12-7-5-4-6-11(12)8-9-13(14,2)10-15/h3-7,16H,1,8-9H2,2H3/t13-,14+/m0/s1. The molecule has 0 radical (unpaired) electrons. The van der Waals surface area contributed by atoms with Crippen molar-refractivity contribution in [2.24, 2.45) is 5.41 Å². The minimum Gasteiger partial charge on any atom is -0.379 e. The van der Waals surface area contributed by atoms with E-state index in [0.29, 0.717) is 6.42 Å². The molecule has 2 nitrogen and oxygen atoms in total. The Morgan fingerprint density at radius 2 is 2.19 bits per heavy atom. The molecule has 0 aromatic heterocycles. The zero-order valence-corrected chi connectivity index (χ0v) is 9.40. The molecule has 0 amide bonds. The van der Waals surface area contributed by atoms with Crippen LogP contribution in [0.25, 0.3) is 0 Å². The smallest absolute Gasteiger partial charge is 0.126 e. The fourth-order valence-electron chi connectivity index (χ4n) is 2.46. The van der Waals surface area contributed by atoms with Crippen LogP contribution in [0.4, 0.5) is 0 Å². The van der Waals surface area contributed by atoms with Crippen LogP contribution in [-0.2, 0) is 12.0 Å². The Bertz CT molecular complexity index is 474. The fourth-order valence-corrected chi connectivity index (χ4v) is 2.46. The summed E-state index contributed by atoms with van der Waals surface area (Å²) in [5.74, 6) is 0. The molecular weight excluding hydrogens is 198 g/mol. The number of hydrogen-bond acceptors (Lipinski definition) is 2. The summed E-state index contributed by atoms with van der Waals surface area (Å²) in [6.07, 6.45) is 2.98. The summed E-state index contributed by atoms with van der Waals surface area (Å²) in [7, 11) is 0. The Labute approximate surface area is 95.8 Å². The van der Waals surface area contributed by atoms with Crippen LogP contribution in [0.15, 0.2) is 36.9 Å².